The number of carbonyl (C=O) groups is 4. The number of ether oxygens (including phenoxy) is 1. The third kappa shape index (κ3) is 41.0. The van der Waals surface area contributed by atoms with Gasteiger partial charge >= 0.3 is 11.9 Å². The number of aliphatic hydroxyl groups is 1. The average Bonchev–Trinajstić information content (AvgIpc) is 3.23. The summed E-state index contributed by atoms with van der Waals surface area (Å²) in [6.07, 6.45) is 56.8. The molecule has 0 heterocycles. The second-order valence-electron chi connectivity index (χ2n) is 15.8. The van der Waals surface area contributed by atoms with Gasteiger partial charge in [0.25, 0.3) is 0 Å². The molecule has 0 aromatic heterocycles. The number of hydrogen-bond acceptors (Lipinski definition) is 6. The van der Waals surface area contributed by atoms with Crippen molar-refractivity contribution in [3.63, 3.8) is 0 Å². The number of esters is 1. The first kappa shape index (κ1) is 56.3. The first-order chi connectivity index (χ1) is 29.3. The summed E-state index contributed by atoms with van der Waals surface area (Å²) >= 11 is 0. The summed E-state index contributed by atoms with van der Waals surface area (Å²) in [5.41, 5.74) is 0. The van der Waals surface area contributed by atoms with Crippen molar-refractivity contribution in [2.24, 2.45) is 0 Å². The number of aliphatic hydroxyl groups excluding tert-OH is 1. The van der Waals surface area contributed by atoms with Gasteiger partial charge in [-0.25, -0.2) is 4.79 Å². The number of allylic oxidation sites excluding steroid dienone is 11. The van der Waals surface area contributed by atoms with Crippen LogP contribution in [-0.2, 0) is 23.9 Å². The molecule has 0 aromatic carbocycles. The predicted octanol–water partition coefficient (Wildman–Crippen LogP) is 12.3. The van der Waals surface area contributed by atoms with Gasteiger partial charge in [-0.3, -0.25) is 14.4 Å². The molecule has 0 fully saturated rings. The van der Waals surface area contributed by atoms with Gasteiger partial charge in [0.1, 0.15) is 12.1 Å². The number of rotatable bonds is 42. The lowest BCUT2D eigenvalue weighted by molar-refractivity contribution is -0.147. The molecule has 2 amide bonds. The van der Waals surface area contributed by atoms with Crippen molar-refractivity contribution in [1.29, 1.82) is 0 Å². The summed E-state index contributed by atoms with van der Waals surface area (Å²) in [7, 11) is 0. The van der Waals surface area contributed by atoms with Crippen molar-refractivity contribution in [2.75, 3.05) is 13.2 Å². The van der Waals surface area contributed by atoms with Crippen molar-refractivity contribution in [2.45, 2.75) is 212 Å². The number of aliphatic carboxylic acids is 1. The molecule has 0 aliphatic rings. The van der Waals surface area contributed by atoms with Crippen LogP contribution >= 0.6 is 0 Å². The molecular formula is C51H86N2O7. The fraction of sp³-hybridized carbons (Fsp3) is 0.686. The molecule has 0 rings (SSSR count). The summed E-state index contributed by atoms with van der Waals surface area (Å²) in [5.74, 6) is -2.36. The molecule has 9 heteroatoms. The van der Waals surface area contributed by atoms with E-state index in [-0.39, 0.29) is 24.5 Å². The second kappa shape index (κ2) is 44.8. The van der Waals surface area contributed by atoms with Gasteiger partial charge in [-0.2, -0.15) is 0 Å². The number of carboxylic acids is 1. The first-order valence-corrected chi connectivity index (χ1v) is 23.8. The molecule has 9 nitrogen and oxygen atoms in total. The van der Waals surface area contributed by atoms with Gasteiger partial charge < -0.3 is 25.6 Å². The molecule has 0 saturated carbocycles. The van der Waals surface area contributed by atoms with E-state index in [1.165, 1.54) is 77.0 Å². The minimum absolute atomic E-state index is 0.101. The lowest BCUT2D eigenvalue weighted by Crippen LogP contribution is -2.47. The van der Waals surface area contributed by atoms with Crippen molar-refractivity contribution in [3.8, 4) is 0 Å². The summed E-state index contributed by atoms with van der Waals surface area (Å²) in [6.45, 7) is 3.33. The molecule has 0 aliphatic carbocycles. The Hall–Kier alpha value is -3.72. The number of hydrogen-bond donors (Lipinski definition) is 4. The molecule has 0 aliphatic heterocycles. The van der Waals surface area contributed by atoms with E-state index in [0.717, 1.165) is 89.9 Å². The molecule has 0 saturated heterocycles. The molecular weight excluding hydrogens is 753 g/mol. The van der Waals surface area contributed by atoms with E-state index in [2.05, 4.69) is 97.4 Å². The maximum absolute atomic E-state index is 12.8. The van der Waals surface area contributed by atoms with E-state index >= 15 is 0 Å². The Morgan fingerprint density at radius 1 is 0.533 bits per heavy atom. The van der Waals surface area contributed by atoms with Crippen LogP contribution in [0.1, 0.15) is 200 Å². The topological polar surface area (TPSA) is 142 Å². The quantitative estimate of drug-likeness (QED) is 0.0272. The fourth-order valence-electron chi connectivity index (χ4n) is 6.54. The minimum atomic E-state index is -1.38. The number of carbonyl (C=O) groups excluding carboxylic acids is 3. The standard InChI is InChI=1S/C51H86N2O7/c1-3-5-7-9-11-13-14-15-16-17-18-19-20-21-22-23-24-25-26-27-29-35-39-43-50(57)60-46(40-36-32-28-12-10-8-6-4-2)41-37-33-30-31-34-38-42-48(55)52-44-49(56)53-47(45-54)51(58)59/h5,7,11-13,15-16,18-19,28,36,40,46-47,54H,3-4,6,8-10,14,17,20-27,29-35,37-39,41-45H2,1-2H3,(H,52,55)(H,53,56)(H,58,59)/b7-5-,13-11-,16-15-,19-18-,28-12-,40-36-. The fourth-order valence-corrected chi connectivity index (χ4v) is 6.54. The summed E-state index contributed by atoms with van der Waals surface area (Å²) in [5, 5.41) is 22.5. The Kier molecular flexibility index (Phi) is 42.0. The molecule has 342 valence electrons. The maximum Gasteiger partial charge on any atom is 0.328 e. The zero-order chi connectivity index (χ0) is 44.0. The van der Waals surface area contributed by atoms with Crippen LogP contribution in [-0.4, -0.2) is 59.3 Å². The zero-order valence-electron chi connectivity index (χ0n) is 37.9. The molecule has 0 spiro atoms. The van der Waals surface area contributed by atoms with Crippen LogP contribution in [0, 0.1) is 0 Å². The van der Waals surface area contributed by atoms with Gasteiger partial charge in [0.15, 0.2) is 0 Å². The van der Waals surface area contributed by atoms with Crippen LogP contribution in [0.25, 0.3) is 0 Å². The lowest BCUT2D eigenvalue weighted by atomic mass is 10.0. The Balaban J connectivity index is 4.15. The van der Waals surface area contributed by atoms with Crippen LogP contribution in [0.15, 0.2) is 72.9 Å². The Morgan fingerprint density at radius 2 is 1.00 bits per heavy atom. The normalized spacial score (nSPS) is 13.1. The maximum atomic E-state index is 12.8. The van der Waals surface area contributed by atoms with E-state index in [9.17, 15) is 19.2 Å². The van der Waals surface area contributed by atoms with Gasteiger partial charge in [0.05, 0.1) is 13.2 Å². The monoisotopic (exact) mass is 839 g/mol. The van der Waals surface area contributed by atoms with E-state index in [1.807, 2.05) is 0 Å². The van der Waals surface area contributed by atoms with E-state index < -0.39 is 24.5 Å². The van der Waals surface area contributed by atoms with Crippen molar-refractivity contribution < 1.29 is 34.1 Å². The van der Waals surface area contributed by atoms with Crippen LogP contribution in [0.2, 0.25) is 0 Å². The van der Waals surface area contributed by atoms with Gasteiger partial charge in [-0.05, 0) is 89.5 Å². The van der Waals surface area contributed by atoms with E-state index in [1.54, 1.807) is 0 Å². The summed E-state index contributed by atoms with van der Waals surface area (Å²) < 4.78 is 5.94. The van der Waals surface area contributed by atoms with E-state index in [4.69, 9.17) is 14.9 Å². The van der Waals surface area contributed by atoms with Crippen LogP contribution in [0.3, 0.4) is 0 Å². The smallest absolute Gasteiger partial charge is 0.328 e. The van der Waals surface area contributed by atoms with Crippen LogP contribution in [0.5, 0.6) is 0 Å². The Bertz CT molecular complexity index is 1240. The highest BCUT2D eigenvalue weighted by atomic mass is 16.5. The first-order valence-electron chi connectivity index (χ1n) is 23.8. The molecule has 4 N–H and O–H groups in total. The molecule has 2 unspecified atom stereocenters. The van der Waals surface area contributed by atoms with E-state index in [0.29, 0.717) is 19.3 Å². The molecule has 0 radical (unpaired) electrons. The molecule has 0 bridgehead atoms. The average molecular weight is 839 g/mol. The zero-order valence-corrected chi connectivity index (χ0v) is 37.9. The van der Waals surface area contributed by atoms with Crippen LogP contribution in [0.4, 0.5) is 0 Å². The number of unbranched alkanes of at least 4 members (excludes halogenated alkanes) is 18. The largest absolute Gasteiger partial charge is 0.480 e. The second-order valence-corrected chi connectivity index (χ2v) is 15.8. The molecule has 0 aromatic rings. The van der Waals surface area contributed by atoms with Crippen LogP contribution < -0.4 is 10.6 Å². The number of nitrogens with one attached hydrogen (secondary N) is 2. The third-order valence-corrected chi connectivity index (χ3v) is 10.2. The van der Waals surface area contributed by atoms with Gasteiger partial charge in [0, 0.05) is 12.8 Å². The van der Waals surface area contributed by atoms with Gasteiger partial charge in [-0.15, -0.1) is 0 Å². The highest BCUT2D eigenvalue weighted by molar-refractivity contribution is 5.87. The summed E-state index contributed by atoms with van der Waals surface area (Å²) in [4.78, 5) is 47.5. The van der Waals surface area contributed by atoms with Crippen molar-refractivity contribution in [1.82, 2.24) is 10.6 Å². The number of amides is 2. The predicted molar refractivity (Wildman–Crippen MR) is 250 cm³/mol. The SMILES string of the molecule is CC/C=C\C/C=C\C/C=C\C/C=C\CCCCCCCCCCCCC(=O)OC(/C=C\C/C=C\CCCCC)CCCCCCCCC(=O)NCC(=O)NC(CO)C(=O)O. The lowest BCUT2D eigenvalue weighted by Gasteiger charge is -2.15. The Morgan fingerprint density at radius 3 is 1.53 bits per heavy atom. The summed E-state index contributed by atoms with van der Waals surface area (Å²) in [6, 6.07) is -1.38. The molecule has 60 heavy (non-hydrogen) atoms. The highest BCUT2D eigenvalue weighted by Crippen LogP contribution is 2.16. The number of carboxylic acid groups (broad SMARTS) is 1. The van der Waals surface area contributed by atoms with Gasteiger partial charge in [0.2, 0.25) is 11.8 Å². The Labute approximate surface area is 365 Å². The third-order valence-electron chi connectivity index (χ3n) is 10.2. The molecule has 2 atom stereocenters. The minimum Gasteiger partial charge on any atom is -0.480 e. The van der Waals surface area contributed by atoms with Gasteiger partial charge in [-0.1, -0.05) is 171 Å². The van der Waals surface area contributed by atoms with Crippen molar-refractivity contribution in [3.05, 3.63) is 72.9 Å². The van der Waals surface area contributed by atoms with Crippen molar-refractivity contribution >= 4 is 23.8 Å². The highest BCUT2D eigenvalue weighted by Gasteiger charge is 2.18.